The van der Waals surface area contributed by atoms with E-state index in [2.05, 4.69) is 6.92 Å². The third-order valence-electron chi connectivity index (χ3n) is 2.37. The van der Waals surface area contributed by atoms with Crippen LogP contribution >= 0.6 is 0 Å². The molecule has 0 aliphatic heterocycles. The third-order valence-corrected chi connectivity index (χ3v) is 2.37. The minimum absolute atomic E-state index is 0.0208. The maximum absolute atomic E-state index is 11.6. The van der Waals surface area contributed by atoms with Crippen molar-refractivity contribution in [1.29, 1.82) is 0 Å². The molecule has 0 heterocycles. The van der Waals surface area contributed by atoms with Gasteiger partial charge in [-0.1, -0.05) is 43.7 Å². The zero-order valence-corrected chi connectivity index (χ0v) is 9.69. The van der Waals surface area contributed by atoms with Gasteiger partial charge in [-0.25, -0.2) is 0 Å². The molecule has 3 nitrogen and oxygen atoms in total. The van der Waals surface area contributed by atoms with Crippen molar-refractivity contribution in [3.05, 3.63) is 35.9 Å². The normalized spacial score (nSPS) is 12.4. The Bertz CT molecular complexity index is 311. The Morgan fingerprint density at radius 3 is 2.69 bits per heavy atom. The number of ketones is 1. The van der Waals surface area contributed by atoms with E-state index in [1.807, 2.05) is 18.2 Å². The predicted octanol–water partition coefficient (Wildman–Crippen LogP) is 2.36. The SMILES string of the molecule is CCCCC(N)OCC(=O)c1ccccc1. The number of carbonyl (C=O) groups is 1. The Morgan fingerprint density at radius 1 is 1.38 bits per heavy atom. The van der Waals surface area contributed by atoms with E-state index in [4.69, 9.17) is 10.5 Å². The highest BCUT2D eigenvalue weighted by atomic mass is 16.5. The van der Waals surface area contributed by atoms with Gasteiger partial charge >= 0.3 is 0 Å². The first kappa shape index (κ1) is 12.9. The number of ether oxygens (including phenoxy) is 1. The van der Waals surface area contributed by atoms with Crippen molar-refractivity contribution in [2.45, 2.75) is 32.4 Å². The van der Waals surface area contributed by atoms with E-state index in [1.54, 1.807) is 12.1 Å². The fourth-order valence-electron chi connectivity index (χ4n) is 1.38. The lowest BCUT2D eigenvalue weighted by Crippen LogP contribution is -2.26. The molecule has 1 aromatic rings. The molecular formula is C13H19NO2. The zero-order valence-electron chi connectivity index (χ0n) is 9.69. The fraction of sp³-hybridized carbons (Fsp3) is 0.462. The van der Waals surface area contributed by atoms with Crippen LogP contribution in [0.15, 0.2) is 30.3 Å². The van der Waals surface area contributed by atoms with Crippen molar-refractivity contribution < 1.29 is 9.53 Å². The fourth-order valence-corrected chi connectivity index (χ4v) is 1.38. The highest BCUT2D eigenvalue weighted by molar-refractivity contribution is 5.96. The molecule has 0 aliphatic carbocycles. The second-order valence-electron chi connectivity index (χ2n) is 3.78. The van der Waals surface area contributed by atoms with Crippen LogP contribution in [-0.2, 0) is 4.74 Å². The van der Waals surface area contributed by atoms with Crippen molar-refractivity contribution >= 4 is 5.78 Å². The largest absolute Gasteiger partial charge is 0.355 e. The Labute approximate surface area is 96.6 Å². The lowest BCUT2D eigenvalue weighted by atomic mass is 10.1. The van der Waals surface area contributed by atoms with Crippen LogP contribution in [0.4, 0.5) is 0 Å². The number of carbonyl (C=O) groups excluding carboxylic acids is 1. The van der Waals surface area contributed by atoms with E-state index < -0.39 is 0 Å². The van der Waals surface area contributed by atoms with Crippen molar-refractivity contribution in [1.82, 2.24) is 0 Å². The zero-order chi connectivity index (χ0) is 11.8. The number of Topliss-reactive ketones (excluding diaryl/α,β-unsaturated/α-hetero) is 1. The summed E-state index contributed by atoms with van der Waals surface area (Å²) in [5.74, 6) is -0.0208. The Hall–Kier alpha value is -1.19. The molecule has 0 saturated carbocycles. The molecule has 88 valence electrons. The molecule has 0 radical (unpaired) electrons. The molecule has 0 amide bonds. The third kappa shape index (κ3) is 4.55. The molecule has 0 saturated heterocycles. The molecule has 1 atom stereocenters. The van der Waals surface area contributed by atoms with E-state index >= 15 is 0 Å². The number of benzene rings is 1. The van der Waals surface area contributed by atoms with Gasteiger partial charge < -0.3 is 10.5 Å². The average Bonchev–Trinajstić information content (AvgIpc) is 2.34. The van der Waals surface area contributed by atoms with Crippen molar-refractivity contribution in [2.24, 2.45) is 5.73 Å². The van der Waals surface area contributed by atoms with Gasteiger partial charge in [-0.3, -0.25) is 4.79 Å². The number of hydrogen-bond acceptors (Lipinski definition) is 3. The van der Waals surface area contributed by atoms with Crippen LogP contribution < -0.4 is 5.73 Å². The summed E-state index contributed by atoms with van der Waals surface area (Å²) in [4.78, 5) is 11.6. The van der Waals surface area contributed by atoms with E-state index in [-0.39, 0.29) is 18.6 Å². The van der Waals surface area contributed by atoms with Crippen LogP contribution in [0, 0.1) is 0 Å². The summed E-state index contributed by atoms with van der Waals surface area (Å²) in [7, 11) is 0. The predicted molar refractivity (Wildman–Crippen MR) is 64.2 cm³/mol. The van der Waals surface area contributed by atoms with Gasteiger partial charge in [-0.05, 0) is 12.8 Å². The molecule has 0 aromatic heterocycles. The molecule has 0 bridgehead atoms. The number of hydrogen-bond donors (Lipinski definition) is 1. The van der Waals surface area contributed by atoms with Crippen LogP contribution in [-0.4, -0.2) is 18.6 Å². The second-order valence-corrected chi connectivity index (χ2v) is 3.78. The van der Waals surface area contributed by atoms with Gasteiger partial charge in [-0.15, -0.1) is 0 Å². The van der Waals surface area contributed by atoms with Gasteiger partial charge in [-0.2, -0.15) is 0 Å². The molecule has 3 heteroatoms. The molecular weight excluding hydrogens is 202 g/mol. The maximum atomic E-state index is 11.6. The molecule has 2 N–H and O–H groups in total. The summed E-state index contributed by atoms with van der Waals surface area (Å²) in [6.07, 6.45) is 2.59. The first-order chi connectivity index (χ1) is 7.74. The van der Waals surface area contributed by atoms with E-state index in [1.165, 1.54) is 0 Å². The molecule has 0 aliphatic rings. The lowest BCUT2D eigenvalue weighted by molar-refractivity contribution is 0.0435. The molecule has 1 unspecified atom stereocenters. The standard InChI is InChI=1S/C13H19NO2/c1-2-3-9-13(14)16-10-12(15)11-7-5-4-6-8-11/h4-8,13H,2-3,9-10,14H2,1H3. The number of nitrogens with two attached hydrogens (primary N) is 1. The topological polar surface area (TPSA) is 52.3 Å². The van der Waals surface area contributed by atoms with Gasteiger partial charge in [0.2, 0.25) is 0 Å². The Balaban J connectivity index is 2.30. The van der Waals surface area contributed by atoms with E-state index in [9.17, 15) is 4.79 Å². The van der Waals surface area contributed by atoms with Crippen molar-refractivity contribution in [3.8, 4) is 0 Å². The molecule has 1 aromatic carbocycles. The van der Waals surface area contributed by atoms with Crippen molar-refractivity contribution in [3.63, 3.8) is 0 Å². The summed E-state index contributed by atoms with van der Waals surface area (Å²) in [5.41, 5.74) is 6.38. The van der Waals surface area contributed by atoms with E-state index in [0.717, 1.165) is 19.3 Å². The molecule has 0 fully saturated rings. The first-order valence-corrected chi connectivity index (χ1v) is 5.69. The minimum atomic E-state index is -0.326. The average molecular weight is 221 g/mol. The second kappa shape index (κ2) is 7.14. The highest BCUT2D eigenvalue weighted by Crippen LogP contribution is 2.03. The van der Waals surface area contributed by atoms with Gasteiger partial charge in [0.25, 0.3) is 0 Å². The first-order valence-electron chi connectivity index (χ1n) is 5.69. The quantitative estimate of drug-likeness (QED) is 0.568. The number of rotatable bonds is 7. The van der Waals surface area contributed by atoms with Crippen LogP contribution in [0.5, 0.6) is 0 Å². The molecule has 0 spiro atoms. The van der Waals surface area contributed by atoms with Gasteiger partial charge in [0.05, 0.1) is 0 Å². The van der Waals surface area contributed by atoms with E-state index in [0.29, 0.717) is 5.56 Å². The van der Waals surface area contributed by atoms with Gasteiger partial charge in [0, 0.05) is 5.56 Å². The monoisotopic (exact) mass is 221 g/mol. The van der Waals surface area contributed by atoms with Gasteiger partial charge in [0.1, 0.15) is 12.8 Å². The summed E-state index contributed by atoms with van der Waals surface area (Å²) in [6, 6.07) is 9.12. The van der Waals surface area contributed by atoms with Gasteiger partial charge in [0.15, 0.2) is 5.78 Å². The molecule has 16 heavy (non-hydrogen) atoms. The summed E-state index contributed by atoms with van der Waals surface area (Å²) < 4.78 is 5.29. The number of unbranched alkanes of at least 4 members (excludes halogenated alkanes) is 1. The highest BCUT2D eigenvalue weighted by Gasteiger charge is 2.08. The lowest BCUT2D eigenvalue weighted by Gasteiger charge is -2.11. The Morgan fingerprint density at radius 2 is 2.06 bits per heavy atom. The summed E-state index contributed by atoms with van der Waals surface area (Å²) in [6.45, 7) is 2.16. The van der Waals surface area contributed by atoms with Crippen molar-refractivity contribution in [2.75, 3.05) is 6.61 Å². The van der Waals surface area contributed by atoms with Crippen LogP contribution in [0.25, 0.3) is 0 Å². The Kier molecular flexibility index (Phi) is 5.75. The van der Waals surface area contributed by atoms with Crippen LogP contribution in [0.3, 0.4) is 0 Å². The summed E-state index contributed by atoms with van der Waals surface area (Å²) in [5, 5.41) is 0. The summed E-state index contributed by atoms with van der Waals surface area (Å²) >= 11 is 0. The van der Waals surface area contributed by atoms with Crippen LogP contribution in [0.1, 0.15) is 36.5 Å². The molecule has 1 rings (SSSR count). The maximum Gasteiger partial charge on any atom is 0.188 e. The smallest absolute Gasteiger partial charge is 0.188 e. The van der Waals surface area contributed by atoms with Crippen LogP contribution in [0.2, 0.25) is 0 Å². The minimum Gasteiger partial charge on any atom is -0.355 e.